The third-order valence-corrected chi connectivity index (χ3v) is 4.17. The number of urea groups is 1. The molecule has 0 bridgehead atoms. The van der Waals surface area contributed by atoms with Crippen LogP contribution in [0.4, 0.5) is 10.5 Å². The number of rotatable bonds is 4. The summed E-state index contributed by atoms with van der Waals surface area (Å²) in [6, 6.07) is 10.9. The standard InChI is InChI=1S/C18H21N3O4/c1-13-11-16(25-20-13)12-24-17(22)14-7-9-21(10-8-14)18(23)19-15-5-3-2-4-6-15/h2-6,11,14H,7-10,12H2,1H3,(H,19,23). The van der Waals surface area contributed by atoms with Gasteiger partial charge in [-0.1, -0.05) is 23.4 Å². The van der Waals surface area contributed by atoms with Gasteiger partial charge in [0.15, 0.2) is 12.4 Å². The number of nitrogens with zero attached hydrogens (tertiary/aromatic N) is 2. The topological polar surface area (TPSA) is 84.7 Å². The van der Waals surface area contributed by atoms with E-state index in [0.29, 0.717) is 31.7 Å². The molecule has 0 saturated carbocycles. The number of carbonyl (C=O) groups excluding carboxylic acids is 2. The van der Waals surface area contributed by atoms with Crippen molar-refractivity contribution < 1.29 is 18.8 Å². The van der Waals surface area contributed by atoms with Crippen LogP contribution >= 0.6 is 0 Å². The number of likely N-dealkylation sites (tertiary alicyclic amines) is 1. The third kappa shape index (κ3) is 4.59. The van der Waals surface area contributed by atoms with Gasteiger partial charge in [0.2, 0.25) is 0 Å². The minimum absolute atomic E-state index is 0.0916. The van der Waals surface area contributed by atoms with Gasteiger partial charge < -0.3 is 19.5 Å². The van der Waals surface area contributed by atoms with E-state index in [2.05, 4.69) is 10.5 Å². The SMILES string of the molecule is Cc1cc(COC(=O)C2CCN(C(=O)Nc3ccccc3)CC2)on1. The second-order valence-corrected chi connectivity index (χ2v) is 6.10. The molecule has 0 atom stereocenters. The lowest BCUT2D eigenvalue weighted by Crippen LogP contribution is -2.42. The van der Waals surface area contributed by atoms with Crippen molar-refractivity contribution in [1.82, 2.24) is 10.1 Å². The zero-order valence-electron chi connectivity index (χ0n) is 14.1. The van der Waals surface area contributed by atoms with Crippen molar-refractivity contribution in [2.75, 3.05) is 18.4 Å². The molecule has 7 nitrogen and oxygen atoms in total. The number of nitrogens with one attached hydrogen (secondary N) is 1. The molecule has 1 saturated heterocycles. The molecule has 2 amide bonds. The van der Waals surface area contributed by atoms with E-state index in [4.69, 9.17) is 9.26 Å². The summed E-state index contributed by atoms with van der Waals surface area (Å²) in [7, 11) is 0. The molecular weight excluding hydrogens is 322 g/mol. The molecule has 1 aliphatic rings. The van der Waals surface area contributed by atoms with E-state index in [-0.39, 0.29) is 24.5 Å². The molecule has 1 aromatic heterocycles. The average molecular weight is 343 g/mol. The highest BCUT2D eigenvalue weighted by Gasteiger charge is 2.28. The van der Waals surface area contributed by atoms with E-state index in [1.165, 1.54) is 0 Å². The minimum atomic E-state index is -0.253. The Labute approximate surface area is 145 Å². The van der Waals surface area contributed by atoms with Gasteiger partial charge >= 0.3 is 12.0 Å². The molecule has 3 rings (SSSR count). The van der Waals surface area contributed by atoms with Crippen LogP contribution in [0, 0.1) is 12.8 Å². The third-order valence-electron chi connectivity index (χ3n) is 4.17. The highest BCUT2D eigenvalue weighted by molar-refractivity contribution is 5.89. The van der Waals surface area contributed by atoms with Gasteiger partial charge in [-0.25, -0.2) is 4.79 Å². The lowest BCUT2D eigenvalue weighted by molar-refractivity contribution is -0.152. The second-order valence-electron chi connectivity index (χ2n) is 6.10. The van der Waals surface area contributed by atoms with E-state index < -0.39 is 0 Å². The molecule has 2 heterocycles. The molecule has 132 valence electrons. The Balaban J connectivity index is 1.43. The molecule has 1 N–H and O–H groups in total. The molecule has 1 aromatic carbocycles. The molecule has 0 spiro atoms. The van der Waals surface area contributed by atoms with Gasteiger partial charge in [-0.15, -0.1) is 0 Å². The largest absolute Gasteiger partial charge is 0.457 e. The maximum atomic E-state index is 12.2. The molecule has 7 heteroatoms. The number of aromatic nitrogens is 1. The summed E-state index contributed by atoms with van der Waals surface area (Å²) in [4.78, 5) is 26.1. The number of hydrogen-bond acceptors (Lipinski definition) is 5. The van der Waals surface area contributed by atoms with Crippen LogP contribution in [-0.4, -0.2) is 35.1 Å². The van der Waals surface area contributed by atoms with E-state index in [9.17, 15) is 9.59 Å². The van der Waals surface area contributed by atoms with Gasteiger partial charge in [-0.2, -0.15) is 0 Å². The van der Waals surface area contributed by atoms with Crippen LogP contribution in [0.25, 0.3) is 0 Å². The Morgan fingerprint density at radius 3 is 2.64 bits per heavy atom. The van der Waals surface area contributed by atoms with Crippen molar-refractivity contribution >= 4 is 17.7 Å². The number of hydrogen-bond donors (Lipinski definition) is 1. The van der Waals surface area contributed by atoms with Gasteiger partial charge in [0, 0.05) is 24.8 Å². The molecule has 0 radical (unpaired) electrons. The van der Waals surface area contributed by atoms with Crippen LogP contribution in [-0.2, 0) is 16.1 Å². The van der Waals surface area contributed by atoms with Crippen molar-refractivity contribution in [2.45, 2.75) is 26.4 Å². The molecule has 1 fully saturated rings. The molecule has 1 aliphatic heterocycles. The number of esters is 1. The van der Waals surface area contributed by atoms with Crippen LogP contribution in [0.5, 0.6) is 0 Å². The summed E-state index contributed by atoms with van der Waals surface area (Å²) >= 11 is 0. The summed E-state index contributed by atoms with van der Waals surface area (Å²) in [6.45, 7) is 2.96. The van der Waals surface area contributed by atoms with Crippen LogP contribution in [0.1, 0.15) is 24.3 Å². The molecule has 0 unspecified atom stereocenters. The highest BCUT2D eigenvalue weighted by Crippen LogP contribution is 2.20. The van der Waals surface area contributed by atoms with Gasteiger partial charge in [0.1, 0.15) is 0 Å². The summed E-state index contributed by atoms with van der Waals surface area (Å²) < 4.78 is 10.3. The summed E-state index contributed by atoms with van der Waals surface area (Å²) in [6.07, 6.45) is 1.19. The van der Waals surface area contributed by atoms with Crippen LogP contribution in [0.15, 0.2) is 40.9 Å². The van der Waals surface area contributed by atoms with E-state index in [1.807, 2.05) is 37.3 Å². The monoisotopic (exact) mass is 343 g/mol. The van der Waals surface area contributed by atoms with Crippen molar-refractivity contribution in [3.63, 3.8) is 0 Å². The molecule has 25 heavy (non-hydrogen) atoms. The minimum Gasteiger partial charge on any atom is -0.457 e. The maximum Gasteiger partial charge on any atom is 0.321 e. The van der Waals surface area contributed by atoms with E-state index >= 15 is 0 Å². The van der Waals surface area contributed by atoms with Crippen molar-refractivity contribution in [2.24, 2.45) is 5.92 Å². The molecular formula is C18H21N3O4. The first-order chi connectivity index (χ1) is 12.1. The van der Waals surface area contributed by atoms with Gasteiger partial charge in [-0.05, 0) is 31.9 Å². The van der Waals surface area contributed by atoms with E-state index in [0.717, 1.165) is 11.4 Å². The Morgan fingerprint density at radius 1 is 1.28 bits per heavy atom. The number of aryl methyl sites for hydroxylation is 1. The number of benzene rings is 1. The maximum absolute atomic E-state index is 12.2. The van der Waals surface area contributed by atoms with Gasteiger partial charge in [-0.3, -0.25) is 4.79 Å². The predicted octanol–water partition coefficient (Wildman–Crippen LogP) is 2.97. The van der Waals surface area contributed by atoms with Gasteiger partial charge in [0.05, 0.1) is 11.6 Å². The first-order valence-corrected chi connectivity index (χ1v) is 8.31. The quantitative estimate of drug-likeness (QED) is 0.863. The van der Waals surface area contributed by atoms with E-state index in [1.54, 1.807) is 11.0 Å². The first kappa shape index (κ1) is 17.0. The fourth-order valence-corrected chi connectivity index (χ4v) is 2.79. The van der Waals surface area contributed by atoms with Crippen molar-refractivity contribution in [3.05, 3.63) is 47.9 Å². The fourth-order valence-electron chi connectivity index (χ4n) is 2.79. The van der Waals surface area contributed by atoms with Crippen LogP contribution < -0.4 is 5.32 Å². The normalized spacial score (nSPS) is 15.0. The zero-order chi connectivity index (χ0) is 17.6. The highest BCUT2D eigenvalue weighted by atomic mass is 16.5. The molecule has 0 aliphatic carbocycles. The summed E-state index contributed by atoms with van der Waals surface area (Å²) in [5.74, 6) is 0.0903. The smallest absolute Gasteiger partial charge is 0.321 e. The fraction of sp³-hybridized carbons (Fsp3) is 0.389. The zero-order valence-corrected chi connectivity index (χ0v) is 14.1. The summed E-state index contributed by atoms with van der Waals surface area (Å²) in [5, 5.41) is 6.61. The Morgan fingerprint density at radius 2 is 2.00 bits per heavy atom. The van der Waals surface area contributed by atoms with Crippen LogP contribution in [0.2, 0.25) is 0 Å². The lowest BCUT2D eigenvalue weighted by atomic mass is 9.97. The summed E-state index contributed by atoms with van der Waals surface area (Å²) in [5.41, 5.74) is 1.51. The van der Waals surface area contributed by atoms with Crippen molar-refractivity contribution in [1.29, 1.82) is 0 Å². The Kier molecular flexibility index (Phi) is 5.33. The van der Waals surface area contributed by atoms with Crippen LogP contribution in [0.3, 0.4) is 0 Å². The number of carbonyl (C=O) groups is 2. The first-order valence-electron chi connectivity index (χ1n) is 8.31. The van der Waals surface area contributed by atoms with Crippen molar-refractivity contribution in [3.8, 4) is 0 Å². The predicted molar refractivity (Wildman–Crippen MR) is 90.8 cm³/mol. The number of amides is 2. The van der Waals surface area contributed by atoms with Gasteiger partial charge in [0.25, 0.3) is 0 Å². The number of ether oxygens (including phenoxy) is 1. The molecule has 2 aromatic rings. The number of anilines is 1. The number of para-hydroxylation sites is 1. The Hall–Kier alpha value is -2.83. The second kappa shape index (κ2) is 7.83. The lowest BCUT2D eigenvalue weighted by Gasteiger charge is -2.30. The average Bonchev–Trinajstić information content (AvgIpc) is 3.06. The Bertz CT molecular complexity index is 721. The number of piperidine rings is 1.